The number of Topliss-reactive ketones (excluding diaryl/α,β-unsaturated/α-hetero) is 1. The molecule has 0 spiro atoms. The third-order valence-corrected chi connectivity index (χ3v) is 6.49. The highest BCUT2D eigenvalue weighted by Gasteiger charge is 2.28. The molecule has 1 fully saturated rings. The van der Waals surface area contributed by atoms with Gasteiger partial charge in [0.25, 0.3) is 5.91 Å². The first kappa shape index (κ1) is 24.6. The van der Waals surface area contributed by atoms with E-state index in [1.54, 1.807) is 16.8 Å². The van der Waals surface area contributed by atoms with Gasteiger partial charge in [-0.15, -0.1) is 0 Å². The minimum atomic E-state index is -2.89. The lowest BCUT2D eigenvalue weighted by Crippen LogP contribution is -2.28. The van der Waals surface area contributed by atoms with E-state index in [0.717, 1.165) is 11.3 Å². The molecule has 35 heavy (non-hydrogen) atoms. The summed E-state index contributed by atoms with van der Waals surface area (Å²) >= 11 is 0. The monoisotopic (exact) mass is 485 g/mol. The third-order valence-electron chi connectivity index (χ3n) is 6.49. The zero-order valence-corrected chi connectivity index (χ0v) is 19.8. The Balaban J connectivity index is 1.84. The van der Waals surface area contributed by atoms with Gasteiger partial charge in [0, 0.05) is 37.5 Å². The number of anilines is 1. The fourth-order valence-corrected chi connectivity index (χ4v) is 4.72. The van der Waals surface area contributed by atoms with E-state index in [-0.39, 0.29) is 29.1 Å². The Morgan fingerprint density at radius 2 is 1.91 bits per heavy atom. The van der Waals surface area contributed by atoms with Crippen LogP contribution in [0.4, 0.5) is 14.5 Å². The number of aromatic nitrogens is 3. The molecule has 2 heterocycles. The Labute approximate surface area is 201 Å². The first-order valence-corrected chi connectivity index (χ1v) is 11.8. The Morgan fingerprint density at radius 3 is 2.49 bits per heavy atom. The number of fused-ring (bicyclic) bond motifs is 1. The molecule has 0 bridgehead atoms. The Kier molecular flexibility index (Phi) is 7.28. The molecule has 8 nitrogen and oxygen atoms in total. The van der Waals surface area contributed by atoms with Crippen LogP contribution >= 0.6 is 0 Å². The number of hydrogen-bond donors (Lipinski definition) is 2. The van der Waals surface area contributed by atoms with Gasteiger partial charge < -0.3 is 15.8 Å². The number of hydrogen-bond acceptors (Lipinski definition) is 6. The topological polar surface area (TPSA) is 112 Å². The number of aryl methyl sites for hydroxylation is 1. The van der Waals surface area contributed by atoms with Crippen LogP contribution in [0.5, 0.6) is 5.75 Å². The molecule has 10 heteroatoms. The Bertz CT molecular complexity index is 1220. The molecule has 0 radical (unpaired) electrons. The average Bonchev–Trinajstić information content (AvgIpc) is 3.20. The van der Waals surface area contributed by atoms with Crippen molar-refractivity contribution in [2.45, 2.75) is 71.1 Å². The summed E-state index contributed by atoms with van der Waals surface area (Å²) < 4.78 is 31.4. The minimum Gasteiger partial charge on any atom is -0.435 e. The van der Waals surface area contributed by atoms with Crippen molar-refractivity contribution in [3.8, 4) is 5.75 Å². The number of amides is 1. The maximum atomic E-state index is 12.6. The van der Waals surface area contributed by atoms with Crippen molar-refractivity contribution in [3.05, 3.63) is 47.3 Å². The molecule has 3 aromatic rings. The van der Waals surface area contributed by atoms with Crippen molar-refractivity contribution in [1.82, 2.24) is 14.8 Å². The quantitative estimate of drug-likeness (QED) is 0.458. The van der Waals surface area contributed by atoms with Crippen molar-refractivity contribution in [2.24, 2.45) is 5.73 Å². The van der Waals surface area contributed by atoms with E-state index in [1.165, 1.54) is 18.3 Å². The summed E-state index contributed by atoms with van der Waals surface area (Å²) in [6.07, 6.45) is 4.45. The number of ketones is 1. The molecule has 1 atom stereocenters. The SMILES string of the molecule is CCC(c1ccc(OC(F)F)cc1)c1nn(CC)c2ncc(C(N)=O)c(NC3CCC(=O)CC3)c12. The van der Waals surface area contributed by atoms with E-state index >= 15 is 0 Å². The van der Waals surface area contributed by atoms with Crippen LogP contribution < -0.4 is 15.8 Å². The molecule has 1 aromatic carbocycles. The zero-order chi connectivity index (χ0) is 25.1. The smallest absolute Gasteiger partial charge is 0.387 e. The van der Waals surface area contributed by atoms with Gasteiger partial charge in [0.2, 0.25) is 0 Å². The van der Waals surface area contributed by atoms with Crippen LogP contribution in [0.1, 0.15) is 73.5 Å². The number of carbonyl (C=O) groups excluding carboxylic acids is 2. The predicted octanol–water partition coefficient (Wildman–Crippen LogP) is 4.62. The fourth-order valence-electron chi connectivity index (χ4n) is 4.72. The minimum absolute atomic E-state index is 0.0140. The molecular formula is C25H29F2N5O3. The van der Waals surface area contributed by atoms with E-state index in [4.69, 9.17) is 10.8 Å². The molecule has 1 saturated carbocycles. The highest BCUT2D eigenvalue weighted by Crippen LogP contribution is 2.38. The van der Waals surface area contributed by atoms with Gasteiger partial charge in [0.1, 0.15) is 11.5 Å². The number of halogens is 2. The van der Waals surface area contributed by atoms with Gasteiger partial charge in [0.15, 0.2) is 5.65 Å². The van der Waals surface area contributed by atoms with Crippen LogP contribution in [0.2, 0.25) is 0 Å². The molecule has 3 N–H and O–H groups in total. The molecular weight excluding hydrogens is 456 g/mol. The number of primary amides is 1. The second kappa shape index (κ2) is 10.4. The molecule has 0 aliphatic heterocycles. The third kappa shape index (κ3) is 5.11. The lowest BCUT2D eigenvalue weighted by atomic mass is 9.90. The second-order valence-corrected chi connectivity index (χ2v) is 8.68. The summed E-state index contributed by atoms with van der Waals surface area (Å²) in [5.41, 5.74) is 8.78. The van der Waals surface area contributed by atoms with Crippen LogP contribution in [0.3, 0.4) is 0 Å². The second-order valence-electron chi connectivity index (χ2n) is 8.68. The van der Waals surface area contributed by atoms with E-state index in [0.29, 0.717) is 55.4 Å². The van der Waals surface area contributed by atoms with Crippen LogP contribution in [0, 0.1) is 0 Å². The van der Waals surface area contributed by atoms with Crippen molar-refractivity contribution < 1.29 is 23.1 Å². The first-order chi connectivity index (χ1) is 16.8. The Morgan fingerprint density at radius 1 is 1.23 bits per heavy atom. The molecule has 1 aliphatic rings. The number of pyridine rings is 1. The predicted molar refractivity (Wildman–Crippen MR) is 128 cm³/mol. The van der Waals surface area contributed by atoms with E-state index in [1.807, 2.05) is 13.8 Å². The lowest BCUT2D eigenvalue weighted by Gasteiger charge is -2.25. The van der Waals surface area contributed by atoms with Gasteiger partial charge in [0.05, 0.1) is 22.3 Å². The fraction of sp³-hybridized carbons (Fsp3) is 0.440. The molecule has 0 saturated heterocycles. The molecule has 1 unspecified atom stereocenters. The van der Waals surface area contributed by atoms with E-state index in [9.17, 15) is 18.4 Å². The van der Waals surface area contributed by atoms with Crippen LogP contribution in [-0.4, -0.2) is 39.1 Å². The maximum Gasteiger partial charge on any atom is 0.387 e. The van der Waals surface area contributed by atoms with Gasteiger partial charge in [-0.25, -0.2) is 9.67 Å². The highest BCUT2D eigenvalue weighted by molar-refractivity contribution is 6.07. The number of ether oxygens (including phenoxy) is 1. The van der Waals surface area contributed by atoms with E-state index in [2.05, 4.69) is 15.0 Å². The average molecular weight is 486 g/mol. The number of nitrogens with two attached hydrogens (primary N) is 1. The summed E-state index contributed by atoms with van der Waals surface area (Å²) in [5, 5.41) is 9.04. The van der Waals surface area contributed by atoms with Gasteiger partial charge >= 0.3 is 6.61 Å². The highest BCUT2D eigenvalue weighted by atomic mass is 19.3. The number of rotatable bonds is 9. The number of alkyl halides is 2. The van der Waals surface area contributed by atoms with Gasteiger partial charge in [-0.05, 0) is 43.9 Å². The number of benzene rings is 1. The van der Waals surface area contributed by atoms with Crippen LogP contribution in [0.15, 0.2) is 30.5 Å². The zero-order valence-electron chi connectivity index (χ0n) is 19.8. The number of nitrogens with zero attached hydrogens (tertiary/aromatic N) is 3. The molecule has 4 rings (SSSR count). The first-order valence-electron chi connectivity index (χ1n) is 11.8. The van der Waals surface area contributed by atoms with Gasteiger partial charge in [-0.2, -0.15) is 13.9 Å². The number of carbonyl (C=O) groups is 2. The van der Waals surface area contributed by atoms with Gasteiger partial charge in [-0.3, -0.25) is 9.59 Å². The summed E-state index contributed by atoms with van der Waals surface area (Å²) in [5.74, 6) is -0.480. The molecule has 2 aromatic heterocycles. The normalized spacial score (nSPS) is 15.5. The number of nitrogens with one attached hydrogen (secondary N) is 1. The largest absolute Gasteiger partial charge is 0.435 e. The van der Waals surface area contributed by atoms with Gasteiger partial charge in [-0.1, -0.05) is 19.1 Å². The van der Waals surface area contributed by atoms with E-state index < -0.39 is 12.5 Å². The van der Waals surface area contributed by atoms with Crippen molar-refractivity contribution in [2.75, 3.05) is 5.32 Å². The van der Waals surface area contributed by atoms with Crippen LogP contribution in [0.25, 0.3) is 11.0 Å². The standard InChI is InChI=1S/C25H29F2N5O3/c1-3-18(14-5-11-17(12-6-14)35-25(26)27)22-20-21(30-15-7-9-16(33)10-8-15)19(23(28)34)13-29-24(20)32(4-2)31-22/h5-6,11-13,15,18,25H,3-4,7-10H2,1-2H3,(H2,28,34)(H,29,30). The van der Waals surface area contributed by atoms with Crippen molar-refractivity contribution in [1.29, 1.82) is 0 Å². The van der Waals surface area contributed by atoms with Crippen molar-refractivity contribution in [3.63, 3.8) is 0 Å². The molecule has 1 amide bonds. The molecule has 186 valence electrons. The van der Waals surface area contributed by atoms with Crippen molar-refractivity contribution >= 4 is 28.4 Å². The summed E-state index contributed by atoms with van der Waals surface area (Å²) in [6.45, 7) is 1.64. The molecule has 1 aliphatic carbocycles. The Hall–Kier alpha value is -3.56. The lowest BCUT2D eigenvalue weighted by molar-refractivity contribution is -0.120. The summed E-state index contributed by atoms with van der Waals surface area (Å²) in [7, 11) is 0. The summed E-state index contributed by atoms with van der Waals surface area (Å²) in [6, 6.07) is 6.52. The van der Waals surface area contributed by atoms with Crippen LogP contribution in [-0.2, 0) is 11.3 Å². The summed E-state index contributed by atoms with van der Waals surface area (Å²) in [4.78, 5) is 28.6. The maximum absolute atomic E-state index is 12.6.